The van der Waals surface area contributed by atoms with Gasteiger partial charge in [0.25, 0.3) is 0 Å². The lowest BCUT2D eigenvalue weighted by Gasteiger charge is -2.26. The third kappa shape index (κ3) is 4.24. The fourth-order valence-electron chi connectivity index (χ4n) is 4.45. The van der Waals surface area contributed by atoms with Crippen molar-refractivity contribution in [3.63, 3.8) is 0 Å². The molecule has 0 aliphatic carbocycles. The van der Waals surface area contributed by atoms with E-state index in [0.29, 0.717) is 5.75 Å². The highest BCUT2D eigenvalue weighted by Crippen LogP contribution is 2.46. The third-order valence-electron chi connectivity index (χ3n) is 6.53. The van der Waals surface area contributed by atoms with E-state index in [2.05, 4.69) is 117 Å². The number of benzene rings is 3. The monoisotopic (exact) mass is 439 g/mol. The second-order valence-electron chi connectivity index (χ2n) is 12.4. The predicted octanol–water partition coefficient (Wildman–Crippen LogP) is 8.65. The number of pyridine rings is 1. The molecule has 1 heterocycles. The molecule has 0 saturated carbocycles. The van der Waals surface area contributed by atoms with Gasteiger partial charge in [0.2, 0.25) is 0 Å². The Morgan fingerprint density at radius 1 is 0.636 bits per heavy atom. The molecule has 0 spiro atoms. The van der Waals surface area contributed by atoms with Crippen LogP contribution in [0, 0.1) is 0 Å². The van der Waals surface area contributed by atoms with Crippen LogP contribution in [0.3, 0.4) is 0 Å². The second-order valence-corrected chi connectivity index (χ2v) is 12.4. The zero-order chi connectivity index (χ0) is 24.3. The molecule has 4 rings (SSSR count). The summed E-state index contributed by atoms with van der Waals surface area (Å²) in [5.74, 6) is 0.335. The maximum atomic E-state index is 11.7. The molecule has 0 bridgehead atoms. The van der Waals surface area contributed by atoms with Gasteiger partial charge >= 0.3 is 0 Å². The van der Waals surface area contributed by atoms with Crippen LogP contribution in [0.25, 0.3) is 32.8 Å². The van der Waals surface area contributed by atoms with Crippen molar-refractivity contribution in [1.82, 2.24) is 4.98 Å². The molecule has 0 saturated heterocycles. The highest BCUT2D eigenvalue weighted by Gasteiger charge is 2.27. The van der Waals surface area contributed by atoms with Crippen LogP contribution in [-0.2, 0) is 16.2 Å². The molecule has 0 aliphatic heterocycles. The number of fused-ring (bicyclic) bond motifs is 2. The SMILES string of the molecule is CC(C)(C)c1ccc2c(-c3nc(C(C)(C)C)cc4ccccc34)c(O)c(C(C)(C)C)cc2c1. The number of hydrogen-bond donors (Lipinski definition) is 1. The average molecular weight is 440 g/mol. The summed E-state index contributed by atoms with van der Waals surface area (Å²) in [5, 5.41) is 16.1. The van der Waals surface area contributed by atoms with Crippen LogP contribution in [0.2, 0.25) is 0 Å². The highest BCUT2D eigenvalue weighted by atomic mass is 16.3. The first-order chi connectivity index (χ1) is 15.2. The summed E-state index contributed by atoms with van der Waals surface area (Å²) < 4.78 is 0. The molecule has 0 aliphatic rings. The van der Waals surface area contributed by atoms with Crippen molar-refractivity contribution in [2.75, 3.05) is 0 Å². The Morgan fingerprint density at radius 2 is 1.30 bits per heavy atom. The van der Waals surface area contributed by atoms with Gasteiger partial charge in [-0.1, -0.05) is 105 Å². The fourth-order valence-corrected chi connectivity index (χ4v) is 4.45. The van der Waals surface area contributed by atoms with Gasteiger partial charge < -0.3 is 5.11 Å². The first-order valence-corrected chi connectivity index (χ1v) is 11.9. The van der Waals surface area contributed by atoms with Crippen molar-refractivity contribution < 1.29 is 5.11 Å². The molecular formula is C31H37NO. The molecule has 0 unspecified atom stereocenters. The van der Waals surface area contributed by atoms with Crippen LogP contribution in [0.4, 0.5) is 0 Å². The number of rotatable bonds is 1. The number of aromatic hydroxyl groups is 1. The Morgan fingerprint density at radius 3 is 1.91 bits per heavy atom. The van der Waals surface area contributed by atoms with Crippen LogP contribution >= 0.6 is 0 Å². The lowest BCUT2D eigenvalue weighted by molar-refractivity contribution is 0.449. The minimum Gasteiger partial charge on any atom is -0.507 e. The summed E-state index contributed by atoms with van der Waals surface area (Å²) in [6, 6.07) is 19.4. The van der Waals surface area contributed by atoms with Gasteiger partial charge in [0.15, 0.2) is 0 Å². The molecule has 1 N–H and O–H groups in total. The quantitative estimate of drug-likeness (QED) is 0.322. The maximum Gasteiger partial charge on any atom is 0.129 e. The van der Waals surface area contributed by atoms with Crippen molar-refractivity contribution in [2.24, 2.45) is 0 Å². The van der Waals surface area contributed by atoms with Gasteiger partial charge in [-0.15, -0.1) is 0 Å². The Balaban J connectivity index is 2.20. The van der Waals surface area contributed by atoms with E-state index in [4.69, 9.17) is 4.98 Å². The minimum absolute atomic E-state index is 0.0469. The lowest BCUT2D eigenvalue weighted by Crippen LogP contribution is -2.15. The van der Waals surface area contributed by atoms with Gasteiger partial charge in [0.1, 0.15) is 5.75 Å². The Hall–Kier alpha value is -2.87. The molecular weight excluding hydrogens is 402 g/mol. The van der Waals surface area contributed by atoms with Gasteiger partial charge in [0.05, 0.1) is 11.3 Å². The Bertz CT molecular complexity index is 1360. The van der Waals surface area contributed by atoms with Crippen LogP contribution in [0.1, 0.15) is 79.1 Å². The maximum absolute atomic E-state index is 11.7. The smallest absolute Gasteiger partial charge is 0.129 e. The normalized spacial score (nSPS) is 13.1. The molecule has 2 heteroatoms. The zero-order valence-electron chi connectivity index (χ0n) is 21.6. The summed E-state index contributed by atoms with van der Waals surface area (Å²) in [5.41, 5.74) is 4.68. The number of aromatic nitrogens is 1. The summed E-state index contributed by atoms with van der Waals surface area (Å²) in [6.45, 7) is 19.7. The Labute approximate surface area is 198 Å². The molecule has 172 valence electrons. The first kappa shape index (κ1) is 23.3. The van der Waals surface area contributed by atoms with Crippen LogP contribution in [0.5, 0.6) is 5.75 Å². The summed E-state index contributed by atoms with van der Waals surface area (Å²) in [6.07, 6.45) is 0. The number of phenolic OH excluding ortho intramolecular Hbond substituents is 1. The van der Waals surface area contributed by atoms with E-state index >= 15 is 0 Å². The predicted molar refractivity (Wildman–Crippen MR) is 142 cm³/mol. The standard InChI is InChI=1S/C31H37NO/c1-29(2,3)21-14-15-22-20(16-21)17-24(30(4,5)6)28(33)26(22)27-23-13-11-10-12-19(23)18-25(32-27)31(7,8)9/h10-18,33H,1-9H3. The molecule has 4 aromatic rings. The second kappa shape index (κ2) is 7.58. The van der Waals surface area contributed by atoms with Crippen LogP contribution in [0.15, 0.2) is 54.6 Å². The van der Waals surface area contributed by atoms with E-state index in [-0.39, 0.29) is 16.2 Å². The number of nitrogens with zero attached hydrogens (tertiary/aromatic N) is 1. The zero-order valence-corrected chi connectivity index (χ0v) is 21.6. The van der Waals surface area contributed by atoms with Crippen molar-refractivity contribution in [2.45, 2.75) is 78.6 Å². The third-order valence-corrected chi connectivity index (χ3v) is 6.53. The molecule has 3 aromatic carbocycles. The van der Waals surface area contributed by atoms with E-state index in [1.807, 2.05) is 0 Å². The molecule has 1 aromatic heterocycles. The van der Waals surface area contributed by atoms with Crippen molar-refractivity contribution in [3.8, 4) is 17.0 Å². The molecule has 0 amide bonds. The van der Waals surface area contributed by atoms with Crippen molar-refractivity contribution in [3.05, 3.63) is 71.4 Å². The van der Waals surface area contributed by atoms with Crippen molar-refractivity contribution >= 4 is 21.5 Å². The minimum atomic E-state index is -0.206. The van der Waals surface area contributed by atoms with Gasteiger partial charge in [-0.05, 0) is 44.7 Å². The van der Waals surface area contributed by atoms with Gasteiger partial charge in [0, 0.05) is 22.1 Å². The van der Waals surface area contributed by atoms with E-state index < -0.39 is 0 Å². The Kier molecular flexibility index (Phi) is 5.35. The van der Waals surface area contributed by atoms with Crippen LogP contribution in [-0.4, -0.2) is 10.1 Å². The molecule has 0 fully saturated rings. The van der Waals surface area contributed by atoms with E-state index in [1.54, 1.807) is 0 Å². The van der Waals surface area contributed by atoms with E-state index in [1.165, 1.54) is 5.56 Å². The van der Waals surface area contributed by atoms with Crippen LogP contribution < -0.4 is 0 Å². The largest absolute Gasteiger partial charge is 0.507 e. The van der Waals surface area contributed by atoms with Gasteiger partial charge in [-0.2, -0.15) is 0 Å². The topological polar surface area (TPSA) is 33.1 Å². The lowest BCUT2D eigenvalue weighted by atomic mass is 9.80. The highest BCUT2D eigenvalue weighted by molar-refractivity contribution is 6.07. The summed E-state index contributed by atoms with van der Waals surface area (Å²) in [4.78, 5) is 5.19. The fraction of sp³-hybridized carbons (Fsp3) is 0.387. The summed E-state index contributed by atoms with van der Waals surface area (Å²) in [7, 11) is 0. The molecule has 0 atom stereocenters. The van der Waals surface area contributed by atoms with Gasteiger partial charge in [-0.3, -0.25) is 4.98 Å². The molecule has 33 heavy (non-hydrogen) atoms. The van der Waals surface area contributed by atoms with Crippen molar-refractivity contribution in [1.29, 1.82) is 0 Å². The number of phenols is 1. The molecule has 0 radical (unpaired) electrons. The number of hydrogen-bond acceptors (Lipinski definition) is 2. The van der Waals surface area contributed by atoms with E-state index in [9.17, 15) is 5.11 Å². The first-order valence-electron chi connectivity index (χ1n) is 11.9. The average Bonchev–Trinajstić information content (AvgIpc) is 2.70. The van der Waals surface area contributed by atoms with Gasteiger partial charge in [-0.25, -0.2) is 0 Å². The van der Waals surface area contributed by atoms with E-state index in [0.717, 1.165) is 44.1 Å². The molecule has 2 nitrogen and oxygen atoms in total. The summed E-state index contributed by atoms with van der Waals surface area (Å²) >= 11 is 0.